The molecule has 5 heteroatoms. The van der Waals surface area contributed by atoms with E-state index < -0.39 is 0 Å². The summed E-state index contributed by atoms with van der Waals surface area (Å²) in [4.78, 5) is 11.9. The lowest BCUT2D eigenvalue weighted by Gasteiger charge is -2.16. The van der Waals surface area contributed by atoms with Crippen molar-refractivity contribution in [2.45, 2.75) is 32.4 Å². The van der Waals surface area contributed by atoms with Gasteiger partial charge in [0.2, 0.25) is 0 Å². The summed E-state index contributed by atoms with van der Waals surface area (Å²) < 4.78 is 0. The van der Waals surface area contributed by atoms with Crippen LogP contribution in [-0.2, 0) is 0 Å². The van der Waals surface area contributed by atoms with Crippen LogP contribution in [0.1, 0.15) is 31.9 Å². The minimum atomic E-state index is -0.164. The molecule has 0 saturated heterocycles. The molecule has 4 nitrogen and oxygen atoms in total. The molecule has 1 aromatic carbocycles. The molecular weight excluding hydrogens is 258 g/mol. The molecule has 2 amide bonds. The Balaban J connectivity index is 2.58. The Morgan fingerprint density at radius 2 is 2.21 bits per heavy atom. The molecule has 0 aliphatic rings. The van der Waals surface area contributed by atoms with Gasteiger partial charge < -0.3 is 16.4 Å². The highest BCUT2D eigenvalue weighted by Crippen LogP contribution is 2.15. The van der Waals surface area contributed by atoms with E-state index in [9.17, 15) is 4.79 Å². The first-order valence-corrected chi connectivity index (χ1v) is 7.88. The van der Waals surface area contributed by atoms with Crippen molar-refractivity contribution in [1.82, 2.24) is 5.32 Å². The highest BCUT2D eigenvalue weighted by Gasteiger charge is 2.10. The Morgan fingerprint density at radius 1 is 1.47 bits per heavy atom. The van der Waals surface area contributed by atoms with Crippen LogP contribution in [0, 0.1) is 0 Å². The molecule has 1 rings (SSSR count). The third-order valence-electron chi connectivity index (χ3n) is 2.87. The average Bonchev–Trinajstić information content (AvgIpc) is 2.38. The first kappa shape index (κ1) is 15.9. The van der Waals surface area contributed by atoms with Crippen LogP contribution < -0.4 is 16.4 Å². The van der Waals surface area contributed by atoms with E-state index in [1.807, 2.05) is 37.4 Å². The van der Waals surface area contributed by atoms with Gasteiger partial charge in [0.05, 0.1) is 0 Å². The number of urea groups is 1. The van der Waals surface area contributed by atoms with Gasteiger partial charge in [-0.3, -0.25) is 0 Å². The molecule has 106 valence electrons. The summed E-state index contributed by atoms with van der Waals surface area (Å²) >= 11 is 1.73. The monoisotopic (exact) mass is 281 g/mol. The van der Waals surface area contributed by atoms with Gasteiger partial charge in [0.1, 0.15) is 0 Å². The van der Waals surface area contributed by atoms with Gasteiger partial charge in [-0.1, -0.05) is 19.1 Å². The number of carbonyl (C=O) groups is 1. The summed E-state index contributed by atoms with van der Waals surface area (Å²) in [6, 6.07) is 7.61. The molecule has 0 fully saturated rings. The number of benzene rings is 1. The molecule has 0 aromatic heterocycles. The molecule has 0 bridgehead atoms. The number of anilines is 1. The van der Waals surface area contributed by atoms with Crippen LogP contribution in [0.2, 0.25) is 0 Å². The van der Waals surface area contributed by atoms with Crippen molar-refractivity contribution in [3.05, 3.63) is 29.8 Å². The number of hydrogen-bond donors (Lipinski definition) is 3. The predicted octanol–water partition coefficient (Wildman–Crippen LogP) is 2.97. The molecule has 0 aliphatic heterocycles. The Labute approximate surface area is 119 Å². The van der Waals surface area contributed by atoms with Gasteiger partial charge in [0, 0.05) is 23.5 Å². The summed E-state index contributed by atoms with van der Waals surface area (Å²) in [5, 5.41) is 5.81. The number of thioether (sulfide) groups is 1. The van der Waals surface area contributed by atoms with Crippen molar-refractivity contribution in [1.29, 1.82) is 0 Å². The third-order valence-corrected chi connectivity index (χ3v) is 3.60. The summed E-state index contributed by atoms with van der Waals surface area (Å²) in [6.07, 6.45) is 2.96. The van der Waals surface area contributed by atoms with E-state index in [1.54, 1.807) is 11.8 Å². The smallest absolute Gasteiger partial charge is 0.319 e. The molecule has 0 spiro atoms. The van der Waals surface area contributed by atoms with Crippen molar-refractivity contribution >= 4 is 23.5 Å². The minimum Gasteiger partial charge on any atom is -0.334 e. The van der Waals surface area contributed by atoms with Crippen molar-refractivity contribution in [3.8, 4) is 0 Å². The van der Waals surface area contributed by atoms with Crippen LogP contribution in [0.15, 0.2) is 24.3 Å². The number of rotatable bonds is 6. The molecule has 19 heavy (non-hydrogen) atoms. The Bertz CT molecular complexity index is 409. The normalized spacial score (nSPS) is 13.7. The third kappa shape index (κ3) is 5.53. The summed E-state index contributed by atoms with van der Waals surface area (Å²) in [7, 11) is 0. The SMILES string of the molecule is CCC(CSC)NC(=O)Nc1cccc(C(C)N)c1. The van der Waals surface area contributed by atoms with Crippen LogP contribution in [0.25, 0.3) is 0 Å². The zero-order chi connectivity index (χ0) is 14.3. The molecule has 0 radical (unpaired) electrons. The van der Waals surface area contributed by atoms with Crippen LogP contribution in [0.5, 0.6) is 0 Å². The molecule has 0 saturated carbocycles. The second kappa shape index (κ2) is 8.07. The topological polar surface area (TPSA) is 67.2 Å². The van der Waals surface area contributed by atoms with Gasteiger partial charge in [0.15, 0.2) is 0 Å². The molecule has 1 aromatic rings. The van der Waals surface area contributed by atoms with Crippen molar-refractivity contribution < 1.29 is 4.79 Å². The number of nitrogens with one attached hydrogen (secondary N) is 2. The first-order valence-electron chi connectivity index (χ1n) is 6.48. The van der Waals surface area contributed by atoms with Gasteiger partial charge >= 0.3 is 6.03 Å². The maximum absolute atomic E-state index is 11.9. The lowest BCUT2D eigenvalue weighted by atomic mass is 10.1. The quantitative estimate of drug-likeness (QED) is 0.751. The zero-order valence-corrected chi connectivity index (χ0v) is 12.6. The molecule has 4 N–H and O–H groups in total. The largest absolute Gasteiger partial charge is 0.334 e. The van der Waals surface area contributed by atoms with Gasteiger partial charge in [-0.15, -0.1) is 0 Å². The van der Waals surface area contributed by atoms with Crippen molar-refractivity contribution in [2.75, 3.05) is 17.3 Å². The second-order valence-corrected chi connectivity index (χ2v) is 5.48. The summed E-state index contributed by atoms with van der Waals surface area (Å²) in [5.41, 5.74) is 7.60. The van der Waals surface area contributed by atoms with Gasteiger partial charge in [-0.2, -0.15) is 11.8 Å². The fraction of sp³-hybridized carbons (Fsp3) is 0.500. The van der Waals surface area contributed by atoms with E-state index in [4.69, 9.17) is 5.73 Å². The molecule has 0 aliphatic carbocycles. The zero-order valence-electron chi connectivity index (χ0n) is 11.8. The van der Waals surface area contributed by atoms with Gasteiger partial charge in [-0.25, -0.2) is 4.79 Å². The number of carbonyl (C=O) groups excluding carboxylic acids is 1. The number of nitrogens with two attached hydrogens (primary N) is 1. The standard InChI is InChI=1S/C14H23N3OS/c1-4-12(9-19-3)16-14(18)17-13-7-5-6-11(8-13)10(2)15/h5-8,10,12H,4,9,15H2,1-3H3,(H2,16,17,18). The average molecular weight is 281 g/mol. The van der Waals surface area contributed by atoms with E-state index in [0.29, 0.717) is 0 Å². The van der Waals surface area contributed by atoms with Crippen LogP contribution in [0.3, 0.4) is 0 Å². The fourth-order valence-corrected chi connectivity index (χ4v) is 2.44. The molecule has 2 unspecified atom stereocenters. The number of hydrogen-bond acceptors (Lipinski definition) is 3. The highest BCUT2D eigenvalue weighted by molar-refractivity contribution is 7.98. The molecule has 0 heterocycles. The predicted molar refractivity (Wildman–Crippen MR) is 83.7 cm³/mol. The van der Waals surface area contributed by atoms with E-state index in [1.165, 1.54) is 0 Å². The van der Waals surface area contributed by atoms with E-state index in [2.05, 4.69) is 17.6 Å². The minimum absolute atomic E-state index is 0.0373. The summed E-state index contributed by atoms with van der Waals surface area (Å²) in [6.45, 7) is 3.99. The second-order valence-electron chi connectivity index (χ2n) is 4.57. The fourth-order valence-electron chi connectivity index (χ4n) is 1.71. The van der Waals surface area contributed by atoms with Crippen LogP contribution in [0.4, 0.5) is 10.5 Å². The van der Waals surface area contributed by atoms with Crippen LogP contribution >= 0.6 is 11.8 Å². The maximum Gasteiger partial charge on any atom is 0.319 e. The Morgan fingerprint density at radius 3 is 2.79 bits per heavy atom. The van der Waals surface area contributed by atoms with Crippen molar-refractivity contribution in [2.24, 2.45) is 5.73 Å². The Kier molecular flexibility index (Phi) is 6.73. The van der Waals surface area contributed by atoms with E-state index >= 15 is 0 Å². The van der Waals surface area contributed by atoms with Gasteiger partial charge in [0.25, 0.3) is 0 Å². The lowest BCUT2D eigenvalue weighted by molar-refractivity contribution is 0.249. The van der Waals surface area contributed by atoms with Crippen molar-refractivity contribution in [3.63, 3.8) is 0 Å². The number of amides is 2. The van der Waals surface area contributed by atoms with E-state index in [0.717, 1.165) is 23.4 Å². The lowest BCUT2D eigenvalue weighted by Crippen LogP contribution is -2.39. The maximum atomic E-state index is 11.9. The van der Waals surface area contributed by atoms with E-state index in [-0.39, 0.29) is 18.1 Å². The Hall–Kier alpha value is -1.20. The van der Waals surface area contributed by atoms with Crippen LogP contribution in [-0.4, -0.2) is 24.1 Å². The van der Waals surface area contributed by atoms with Gasteiger partial charge in [-0.05, 0) is 37.3 Å². The molecular formula is C14H23N3OS. The highest BCUT2D eigenvalue weighted by atomic mass is 32.2. The molecule has 2 atom stereocenters. The first-order chi connectivity index (χ1) is 9.06. The summed E-state index contributed by atoms with van der Waals surface area (Å²) in [5.74, 6) is 0.920.